The smallest absolute Gasteiger partial charge is 0.0849 e. The number of nitrogens with zero attached hydrogens (tertiary/aromatic N) is 2. The number of aromatic nitrogens is 2. The number of fused-ring (bicyclic) bond motifs is 1. The van der Waals surface area contributed by atoms with E-state index in [9.17, 15) is 5.11 Å². The predicted octanol–water partition coefficient (Wildman–Crippen LogP) is 3.47. The maximum absolute atomic E-state index is 10.6. The summed E-state index contributed by atoms with van der Waals surface area (Å²) in [4.78, 5) is 0. The van der Waals surface area contributed by atoms with Gasteiger partial charge in [0, 0.05) is 18.9 Å². The highest BCUT2D eigenvalue weighted by atomic mass is 16.3. The zero-order valence-corrected chi connectivity index (χ0v) is 12.7. The van der Waals surface area contributed by atoms with Gasteiger partial charge in [-0.1, -0.05) is 42.0 Å². The second-order valence-corrected chi connectivity index (χ2v) is 5.67. The summed E-state index contributed by atoms with van der Waals surface area (Å²) in [6.07, 6.45) is 0.00857. The Balaban J connectivity index is 1.96. The van der Waals surface area contributed by atoms with Crippen LogP contribution in [0.15, 0.2) is 42.5 Å². The third kappa shape index (κ3) is 2.57. The van der Waals surface area contributed by atoms with Crippen molar-refractivity contribution in [3.63, 3.8) is 0 Å². The maximum atomic E-state index is 10.6. The van der Waals surface area contributed by atoms with Gasteiger partial charge >= 0.3 is 0 Å². The van der Waals surface area contributed by atoms with E-state index in [-0.39, 0.29) is 0 Å². The molecule has 0 spiro atoms. The van der Waals surface area contributed by atoms with E-state index in [2.05, 4.69) is 35.4 Å². The molecule has 3 heteroatoms. The normalized spacial score (nSPS) is 12.8. The topological polar surface area (TPSA) is 38.1 Å². The molecular weight excluding hydrogens is 260 g/mol. The summed E-state index contributed by atoms with van der Waals surface area (Å²) in [6.45, 7) is 4.08. The van der Waals surface area contributed by atoms with Crippen LogP contribution in [0.2, 0.25) is 0 Å². The minimum atomic E-state index is -0.525. The minimum absolute atomic E-state index is 0.525. The summed E-state index contributed by atoms with van der Waals surface area (Å²) in [5.41, 5.74) is 5.32. The molecule has 108 valence electrons. The van der Waals surface area contributed by atoms with Crippen LogP contribution >= 0.6 is 0 Å². The lowest BCUT2D eigenvalue weighted by atomic mass is 9.97. The fourth-order valence-electron chi connectivity index (χ4n) is 2.85. The Bertz CT molecular complexity index is 789. The quantitative estimate of drug-likeness (QED) is 0.797. The Morgan fingerprint density at radius 3 is 2.71 bits per heavy atom. The van der Waals surface area contributed by atoms with Gasteiger partial charge in [0.15, 0.2) is 0 Å². The third-order valence-electron chi connectivity index (χ3n) is 4.01. The molecule has 1 unspecified atom stereocenters. The molecule has 21 heavy (non-hydrogen) atoms. The second-order valence-electron chi connectivity index (χ2n) is 5.67. The highest BCUT2D eigenvalue weighted by Gasteiger charge is 2.16. The summed E-state index contributed by atoms with van der Waals surface area (Å²) >= 11 is 0. The Labute approximate surface area is 124 Å². The molecule has 3 rings (SSSR count). The van der Waals surface area contributed by atoms with Gasteiger partial charge in [-0.15, -0.1) is 0 Å². The van der Waals surface area contributed by atoms with Gasteiger partial charge in [0.05, 0.1) is 17.3 Å². The first kappa shape index (κ1) is 13.8. The number of aliphatic hydroxyl groups is 1. The van der Waals surface area contributed by atoms with Crippen LogP contribution in [-0.4, -0.2) is 14.9 Å². The molecule has 2 aromatic carbocycles. The van der Waals surface area contributed by atoms with Crippen LogP contribution in [-0.2, 0) is 13.5 Å². The van der Waals surface area contributed by atoms with Crippen molar-refractivity contribution < 1.29 is 5.11 Å². The standard InChI is InChI=1S/C18H20N2O/c1-12-8-9-13(2)15(10-12)18(21)11-16-14-6-4-5-7-17(14)20(3)19-16/h4-10,18,21H,11H2,1-3H3. The molecule has 0 fully saturated rings. The minimum Gasteiger partial charge on any atom is -0.388 e. The molecule has 1 N–H and O–H groups in total. The van der Waals surface area contributed by atoms with Crippen molar-refractivity contribution in [3.8, 4) is 0 Å². The number of aliphatic hydroxyl groups excluding tert-OH is 1. The molecule has 0 aliphatic heterocycles. The number of hydrogen-bond acceptors (Lipinski definition) is 2. The van der Waals surface area contributed by atoms with Crippen molar-refractivity contribution in [1.82, 2.24) is 9.78 Å². The first-order valence-electron chi connectivity index (χ1n) is 7.22. The molecule has 3 nitrogen and oxygen atoms in total. The van der Waals surface area contributed by atoms with Crippen molar-refractivity contribution in [3.05, 3.63) is 64.8 Å². The summed E-state index contributed by atoms with van der Waals surface area (Å²) in [6, 6.07) is 14.3. The predicted molar refractivity (Wildman–Crippen MR) is 85.3 cm³/mol. The molecule has 0 bridgehead atoms. The molecule has 1 atom stereocenters. The molecule has 0 saturated carbocycles. The SMILES string of the molecule is Cc1ccc(C)c(C(O)Cc2nn(C)c3ccccc23)c1. The molecule has 0 aliphatic rings. The van der Waals surface area contributed by atoms with Gasteiger partial charge in [-0.25, -0.2) is 0 Å². The van der Waals surface area contributed by atoms with E-state index >= 15 is 0 Å². The van der Waals surface area contributed by atoms with Gasteiger partial charge < -0.3 is 5.11 Å². The lowest BCUT2D eigenvalue weighted by molar-refractivity contribution is 0.176. The summed E-state index contributed by atoms with van der Waals surface area (Å²) < 4.78 is 1.88. The van der Waals surface area contributed by atoms with E-state index < -0.39 is 6.10 Å². The van der Waals surface area contributed by atoms with Crippen LogP contribution in [0.3, 0.4) is 0 Å². The van der Waals surface area contributed by atoms with Crippen molar-refractivity contribution in [2.24, 2.45) is 7.05 Å². The highest BCUT2D eigenvalue weighted by molar-refractivity contribution is 5.81. The lowest BCUT2D eigenvalue weighted by Crippen LogP contribution is -2.05. The van der Waals surface area contributed by atoms with Gasteiger partial charge in [-0.3, -0.25) is 4.68 Å². The largest absolute Gasteiger partial charge is 0.388 e. The fraction of sp³-hybridized carbons (Fsp3) is 0.278. The monoisotopic (exact) mass is 280 g/mol. The van der Waals surface area contributed by atoms with E-state index in [1.807, 2.05) is 37.7 Å². The summed E-state index contributed by atoms with van der Waals surface area (Å²) in [5.74, 6) is 0. The maximum Gasteiger partial charge on any atom is 0.0849 e. The molecule has 3 aromatic rings. The number of rotatable bonds is 3. The van der Waals surface area contributed by atoms with E-state index in [1.165, 1.54) is 5.56 Å². The summed E-state index contributed by atoms with van der Waals surface area (Å²) in [5, 5.41) is 16.3. The highest BCUT2D eigenvalue weighted by Crippen LogP contribution is 2.26. The molecule has 0 amide bonds. The molecule has 1 heterocycles. The Morgan fingerprint density at radius 1 is 1.14 bits per heavy atom. The molecular formula is C18H20N2O. The first-order chi connectivity index (χ1) is 10.1. The lowest BCUT2D eigenvalue weighted by Gasteiger charge is -2.13. The van der Waals surface area contributed by atoms with Gasteiger partial charge in [0.25, 0.3) is 0 Å². The van der Waals surface area contributed by atoms with Crippen LogP contribution in [0.4, 0.5) is 0 Å². The third-order valence-corrected chi connectivity index (χ3v) is 4.01. The first-order valence-corrected chi connectivity index (χ1v) is 7.22. The van der Waals surface area contributed by atoms with Gasteiger partial charge in [-0.2, -0.15) is 5.10 Å². The van der Waals surface area contributed by atoms with Crippen LogP contribution < -0.4 is 0 Å². The number of benzene rings is 2. The van der Waals surface area contributed by atoms with E-state index in [0.29, 0.717) is 6.42 Å². The number of para-hydroxylation sites is 1. The van der Waals surface area contributed by atoms with Crippen LogP contribution in [0, 0.1) is 13.8 Å². The number of aryl methyl sites for hydroxylation is 3. The Hall–Kier alpha value is -2.13. The van der Waals surface area contributed by atoms with Crippen molar-refractivity contribution >= 4 is 10.9 Å². The zero-order valence-electron chi connectivity index (χ0n) is 12.7. The van der Waals surface area contributed by atoms with Crippen molar-refractivity contribution in [1.29, 1.82) is 0 Å². The fourth-order valence-corrected chi connectivity index (χ4v) is 2.85. The summed E-state index contributed by atoms with van der Waals surface area (Å²) in [7, 11) is 1.94. The average Bonchev–Trinajstić information content (AvgIpc) is 2.78. The van der Waals surface area contributed by atoms with Crippen molar-refractivity contribution in [2.45, 2.75) is 26.4 Å². The Morgan fingerprint density at radius 2 is 1.90 bits per heavy atom. The van der Waals surface area contributed by atoms with Crippen LogP contribution in [0.25, 0.3) is 10.9 Å². The zero-order chi connectivity index (χ0) is 15.0. The van der Waals surface area contributed by atoms with Gasteiger partial charge in [0.1, 0.15) is 0 Å². The van der Waals surface area contributed by atoms with E-state index in [0.717, 1.165) is 27.7 Å². The number of hydrogen-bond donors (Lipinski definition) is 1. The second kappa shape index (κ2) is 5.34. The van der Waals surface area contributed by atoms with E-state index in [1.54, 1.807) is 0 Å². The molecule has 0 radical (unpaired) electrons. The van der Waals surface area contributed by atoms with Gasteiger partial charge in [-0.05, 0) is 31.0 Å². The van der Waals surface area contributed by atoms with Crippen LogP contribution in [0.5, 0.6) is 0 Å². The van der Waals surface area contributed by atoms with Gasteiger partial charge in [0.2, 0.25) is 0 Å². The molecule has 0 aliphatic carbocycles. The van der Waals surface area contributed by atoms with Crippen molar-refractivity contribution in [2.75, 3.05) is 0 Å². The molecule has 1 aromatic heterocycles. The average molecular weight is 280 g/mol. The Kier molecular flexibility index (Phi) is 3.52. The van der Waals surface area contributed by atoms with Crippen LogP contribution in [0.1, 0.15) is 28.5 Å². The van der Waals surface area contributed by atoms with E-state index in [4.69, 9.17) is 0 Å². The molecule has 0 saturated heterocycles.